The molecule has 0 fully saturated rings. The van der Waals surface area contributed by atoms with E-state index in [4.69, 9.17) is 11.6 Å². The van der Waals surface area contributed by atoms with E-state index in [0.717, 1.165) is 5.69 Å². The third kappa shape index (κ3) is 4.55. The smallest absolute Gasteiger partial charge is 0.550 e. The van der Waals surface area contributed by atoms with Gasteiger partial charge in [0.05, 0.1) is 10.7 Å². The van der Waals surface area contributed by atoms with Crippen molar-refractivity contribution in [3.05, 3.63) is 59.1 Å². The average Bonchev–Trinajstić information content (AvgIpc) is 2.34. The van der Waals surface area contributed by atoms with Crippen LogP contribution in [0.3, 0.4) is 0 Å². The summed E-state index contributed by atoms with van der Waals surface area (Å²) in [5.41, 5.74) is 2.06. The van der Waals surface area contributed by atoms with Crippen LogP contribution in [0.15, 0.2) is 48.5 Å². The molecule has 0 radical (unpaired) electrons. The number of benzene rings is 2. The maximum Gasteiger partial charge on any atom is 1.00 e. The predicted molar refractivity (Wildman–Crippen MR) is 69.9 cm³/mol. The second-order valence-electron chi connectivity index (χ2n) is 3.81. The molecule has 0 atom stereocenters. The molecule has 3 nitrogen and oxygen atoms in total. The SMILES string of the molecule is O=C([O-])Cc1cccc(Cl)c1Nc1ccccc1.[Na+]. The van der Waals surface area contributed by atoms with E-state index in [1.807, 2.05) is 30.3 Å². The van der Waals surface area contributed by atoms with Crippen LogP contribution in [0.25, 0.3) is 0 Å². The molecule has 2 rings (SSSR count). The molecular weight excluding hydrogens is 273 g/mol. The van der Waals surface area contributed by atoms with Gasteiger partial charge >= 0.3 is 29.6 Å². The largest absolute Gasteiger partial charge is 1.00 e. The zero-order valence-corrected chi connectivity index (χ0v) is 13.3. The summed E-state index contributed by atoms with van der Waals surface area (Å²) >= 11 is 6.09. The molecule has 0 saturated carbocycles. The Bertz CT molecular complexity index is 561. The van der Waals surface area contributed by atoms with Crippen molar-refractivity contribution in [2.45, 2.75) is 6.42 Å². The zero-order valence-electron chi connectivity index (χ0n) is 10.5. The summed E-state index contributed by atoms with van der Waals surface area (Å²) in [5.74, 6) is -1.13. The third-order valence-electron chi connectivity index (χ3n) is 2.48. The fraction of sp³-hybridized carbons (Fsp3) is 0.0714. The van der Waals surface area contributed by atoms with Gasteiger partial charge in [-0.3, -0.25) is 0 Å². The Labute approximate surface area is 138 Å². The number of halogens is 1. The monoisotopic (exact) mass is 283 g/mol. The first-order valence-corrected chi connectivity index (χ1v) is 5.84. The van der Waals surface area contributed by atoms with Crippen molar-refractivity contribution in [2.24, 2.45) is 0 Å². The normalized spacial score (nSPS) is 9.53. The summed E-state index contributed by atoms with van der Waals surface area (Å²) in [6.07, 6.45) is -0.171. The van der Waals surface area contributed by atoms with Gasteiger partial charge in [0.25, 0.3) is 0 Å². The maximum absolute atomic E-state index is 10.7. The van der Waals surface area contributed by atoms with E-state index in [1.165, 1.54) is 0 Å². The van der Waals surface area contributed by atoms with Gasteiger partial charge in [-0.2, -0.15) is 0 Å². The van der Waals surface area contributed by atoms with Crippen LogP contribution in [0.2, 0.25) is 5.02 Å². The average molecular weight is 284 g/mol. The van der Waals surface area contributed by atoms with Crippen molar-refractivity contribution in [1.82, 2.24) is 0 Å². The van der Waals surface area contributed by atoms with E-state index < -0.39 is 5.97 Å². The van der Waals surface area contributed by atoms with E-state index in [1.54, 1.807) is 18.2 Å². The van der Waals surface area contributed by atoms with Crippen molar-refractivity contribution in [3.8, 4) is 0 Å². The number of para-hydroxylation sites is 2. The number of carbonyl (C=O) groups excluding carboxylic acids is 1. The van der Waals surface area contributed by atoms with Gasteiger partial charge in [0.1, 0.15) is 0 Å². The van der Waals surface area contributed by atoms with Crippen LogP contribution in [0.4, 0.5) is 11.4 Å². The summed E-state index contributed by atoms with van der Waals surface area (Å²) in [4.78, 5) is 10.7. The van der Waals surface area contributed by atoms with Crippen LogP contribution in [-0.4, -0.2) is 5.97 Å². The quantitative estimate of drug-likeness (QED) is 0.761. The fourth-order valence-corrected chi connectivity index (χ4v) is 1.92. The molecule has 0 spiro atoms. The van der Waals surface area contributed by atoms with Gasteiger partial charge in [0.15, 0.2) is 0 Å². The van der Waals surface area contributed by atoms with Crippen LogP contribution in [0, 0.1) is 0 Å². The predicted octanol–water partition coefficient (Wildman–Crippen LogP) is -0.620. The summed E-state index contributed by atoms with van der Waals surface area (Å²) in [7, 11) is 0. The summed E-state index contributed by atoms with van der Waals surface area (Å²) in [6.45, 7) is 0. The number of hydrogen-bond acceptors (Lipinski definition) is 3. The Kier molecular flexibility index (Phi) is 6.38. The Morgan fingerprint density at radius 2 is 1.79 bits per heavy atom. The number of carboxylic acids is 1. The summed E-state index contributed by atoms with van der Waals surface area (Å²) in [6, 6.07) is 14.6. The Morgan fingerprint density at radius 1 is 1.11 bits per heavy atom. The molecule has 2 aromatic rings. The molecule has 19 heavy (non-hydrogen) atoms. The minimum Gasteiger partial charge on any atom is -0.550 e. The van der Waals surface area contributed by atoms with Gasteiger partial charge in [-0.05, 0) is 23.8 Å². The van der Waals surface area contributed by atoms with Crippen LogP contribution >= 0.6 is 11.6 Å². The Hall–Kier alpha value is -1.000. The Morgan fingerprint density at radius 3 is 2.42 bits per heavy atom. The molecule has 1 N–H and O–H groups in total. The van der Waals surface area contributed by atoms with Gasteiger partial charge in [-0.1, -0.05) is 41.9 Å². The molecule has 0 aliphatic rings. The molecule has 0 unspecified atom stereocenters. The first-order valence-electron chi connectivity index (χ1n) is 5.46. The third-order valence-corrected chi connectivity index (χ3v) is 2.79. The number of aliphatic carboxylic acids is 1. The second-order valence-corrected chi connectivity index (χ2v) is 4.22. The molecule has 0 amide bonds. The molecule has 0 aliphatic carbocycles. The van der Waals surface area contributed by atoms with Crippen molar-refractivity contribution in [2.75, 3.05) is 5.32 Å². The van der Waals surface area contributed by atoms with Gasteiger partial charge in [-0.25, -0.2) is 0 Å². The van der Waals surface area contributed by atoms with Crippen LogP contribution in [0.5, 0.6) is 0 Å². The standard InChI is InChI=1S/C14H12ClNO2.Na/c15-12-8-4-5-10(9-13(17)18)14(12)16-11-6-2-1-3-7-11;/h1-8,16H,9H2,(H,17,18);/q;+1/p-1. The number of rotatable bonds is 4. The minimum atomic E-state index is -1.13. The van der Waals surface area contributed by atoms with Gasteiger partial charge < -0.3 is 15.2 Å². The molecule has 0 bridgehead atoms. The van der Waals surface area contributed by atoms with Gasteiger partial charge in [0, 0.05) is 18.1 Å². The van der Waals surface area contributed by atoms with E-state index in [-0.39, 0.29) is 36.0 Å². The molecule has 0 heterocycles. The molecule has 2 aromatic carbocycles. The first-order chi connectivity index (χ1) is 8.66. The topological polar surface area (TPSA) is 52.2 Å². The molecule has 0 aliphatic heterocycles. The maximum atomic E-state index is 10.7. The van der Waals surface area contributed by atoms with Crippen molar-refractivity contribution in [3.63, 3.8) is 0 Å². The van der Waals surface area contributed by atoms with Crippen molar-refractivity contribution < 1.29 is 39.5 Å². The fourth-order valence-electron chi connectivity index (χ4n) is 1.68. The number of hydrogen-bond donors (Lipinski definition) is 1. The van der Waals surface area contributed by atoms with Crippen molar-refractivity contribution >= 4 is 28.9 Å². The zero-order chi connectivity index (χ0) is 13.0. The summed E-state index contributed by atoms with van der Waals surface area (Å²) in [5, 5.41) is 14.3. The molecular formula is C14H11ClNNaO2. The minimum absolute atomic E-state index is 0. The van der Waals surface area contributed by atoms with Crippen LogP contribution in [0.1, 0.15) is 5.56 Å². The van der Waals surface area contributed by atoms with E-state index >= 15 is 0 Å². The van der Waals surface area contributed by atoms with E-state index in [9.17, 15) is 9.90 Å². The van der Waals surface area contributed by atoms with E-state index in [2.05, 4.69) is 5.32 Å². The van der Waals surface area contributed by atoms with Crippen molar-refractivity contribution in [1.29, 1.82) is 0 Å². The second kappa shape index (κ2) is 7.56. The number of nitrogens with one attached hydrogen (secondary N) is 1. The first kappa shape index (κ1) is 16.1. The number of anilines is 2. The molecule has 92 valence electrons. The van der Waals surface area contributed by atoms with Crippen LogP contribution in [-0.2, 0) is 11.2 Å². The Balaban J connectivity index is 0.00000180. The van der Waals surface area contributed by atoms with Gasteiger partial charge in [-0.15, -0.1) is 0 Å². The summed E-state index contributed by atoms with van der Waals surface area (Å²) < 4.78 is 0. The molecule has 0 aromatic heterocycles. The molecule has 0 saturated heterocycles. The number of carboxylic acid groups (broad SMARTS) is 1. The number of carbonyl (C=O) groups is 1. The van der Waals surface area contributed by atoms with E-state index in [0.29, 0.717) is 16.3 Å². The molecule has 5 heteroatoms. The van der Waals surface area contributed by atoms with Gasteiger partial charge in [0.2, 0.25) is 0 Å². The van der Waals surface area contributed by atoms with Crippen LogP contribution < -0.4 is 40.0 Å².